The van der Waals surface area contributed by atoms with Crippen LogP contribution in [-0.4, -0.2) is 20.8 Å². The molecular weight excluding hydrogens is 299 g/mol. The lowest BCUT2D eigenvalue weighted by molar-refractivity contribution is -0.116. The smallest absolute Gasteiger partial charge is 0.231 e. The van der Waals surface area contributed by atoms with Crippen LogP contribution in [0.4, 0.5) is 10.3 Å². The Bertz CT molecular complexity index is 825. The second-order valence-corrected chi connectivity index (χ2v) is 5.14. The molecule has 1 amide bonds. The van der Waals surface area contributed by atoms with Gasteiger partial charge in [0, 0.05) is 30.8 Å². The number of carbonyl (C=O) groups is 1. The molecule has 0 saturated carbocycles. The standard InChI is InChI=1S/C16H15FN4O2/c1-11-9-18-21(10-11)7-6-15(22)19-16-8-14(20-23-16)12-4-2-3-5-13(12)17/h2-5,8-10H,6-7H2,1H3,(H,19,22). The molecule has 0 aliphatic carbocycles. The average Bonchev–Trinajstić information content (AvgIpc) is 3.15. The van der Waals surface area contributed by atoms with E-state index in [0.717, 1.165) is 5.56 Å². The third-order valence-electron chi connectivity index (χ3n) is 3.25. The van der Waals surface area contributed by atoms with Crippen LogP contribution in [0.2, 0.25) is 0 Å². The fourth-order valence-electron chi connectivity index (χ4n) is 2.14. The molecule has 118 valence electrons. The highest BCUT2D eigenvalue weighted by molar-refractivity contribution is 5.89. The van der Waals surface area contributed by atoms with Crippen molar-refractivity contribution in [3.8, 4) is 11.3 Å². The van der Waals surface area contributed by atoms with Crippen molar-refractivity contribution in [2.24, 2.45) is 0 Å². The quantitative estimate of drug-likeness (QED) is 0.785. The molecule has 6 nitrogen and oxygen atoms in total. The van der Waals surface area contributed by atoms with Gasteiger partial charge in [-0.1, -0.05) is 17.3 Å². The first-order valence-corrected chi connectivity index (χ1v) is 7.12. The van der Waals surface area contributed by atoms with Gasteiger partial charge in [-0.3, -0.25) is 14.8 Å². The summed E-state index contributed by atoms with van der Waals surface area (Å²) >= 11 is 0. The third kappa shape index (κ3) is 3.63. The van der Waals surface area contributed by atoms with E-state index in [1.165, 1.54) is 12.1 Å². The summed E-state index contributed by atoms with van der Waals surface area (Å²) in [5.41, 5.74) is 1.69. The molecule has 1 N–H and O–H groups in total. The van der Waals surface area contributed by atoms with Crippen molar-refractivity contribution in [3.05, 3.63) is 54.1 Å². The minimum atomic E-state index is -0.396. The number of anilines is 1. The molecule has 1 aromatic carbocycles. The zero-order chi connectivity index (χ0) is 16.2. The Morgan fingerprint density at radius 1 is 1.39 bits per heavy atom. The van der Waals surface area contributed by atoms with Crippen molar-refractivity contribution in [1.29, 1.82) is 0 Å². The molecule has 0 atom stereocenters. The summed E-state index contributed by atoms with van der Waals surface area (Å²) in [6.45, 7) is 2.40. The number of halogens is 1. The van der Waals surface area contributed by atoms with E-state index < -0.39 is 5.82 Å². The van der Waals surface area contributed by atoms with E-state index in [0.29, 0.717) is 17.8 Å². The van der Waals surface area contributed by atoms with Gasteiger partial charge in [-0.25, -0.2) is 4.39 Å². The van der Waals surface area contributed by atoms with Crippen LogP contribution in [0.5, 0.6) is 0 Å². The van der Waals surface area contributed by atoms with E-state index >= 15 is 0 Å². The summed E-state index contributed by atoms with van der Waals surface area (Å²) in [6, 6.07) is 7.73. The number of nitrogens with one attached hydrogen (secondary N) is 1. The van der Waals surface area contributed by atoms with Crippen LogP contribution < -0.4 is 5.32 Å². The lowest BCUT2D eigenvalue weighted by atomic mass is 10.1. The molecular formula is C16H15FN4O2. The molecule has 0 radical (unpaired) electrons. The predicted octanol–water partition coefficient (Wildman–Crippen LogP) is 3.01. The summed E-state index contributed by atoms with van der Waals surface area (Å²) < 4.78 is 20.4. The summed E-state index contributed by atoms with van der Waals surface area (Å²) in [5, 5.41) is 10.5. The fourth-order valence-corrected chi connectivity index (χ4v) is 2.14. The number of benzene rings is 1. The summed E-state index contributed by atoms with van der Waals surface area (Å²) in [7, 11) is 0. The number of carbonyl (C=O) groups excluding carboxylic acids is 1. The first-order valence-electron chi connectivity index (χ1n) is 7.12. The van der Waals surface area contributed by atoms with E-state index in [-0.39, 0.29) is 18.2 Å². The zero-order valence-corrected chi connectivity index (χ0v) is 12.5. The maximum absolute atomic E-state index is 13.7. The summed E-state index contributed by atoms with van der Waals surface area (Å²) in [6.07, 6.45) is 3.84. The number of aromatic nitrogens is 3. The van der Waals surface area contributed by atoms with E-state index in [2.05, 4.69) is 15.6 Å². The topological polar surface area (TPSA) is 73.0 Å². The van der Waals surface area contributed by atoms with E-state index in [4.69, 9.17) is 4.52 Å². The van der Waals surface area contributed by atoms with Crippen molar-refractivity contribution in [1.82, 2.24) is 14.9 Å². The zero-order valence-electron chi connectivity index (χ0n) is 12.5. The van der Waals surface area contributed by atoms with Gasteiger partial charge in [0.1, 0.15) is 11.5 Å². The SMILES string of the molecule is Cc1cnn(CCC(=O)Nc2cc(-c3ccccc3F)no2)c1. The van der Waals surface area contributed by atoms with Gasteiger partial charge in [0.05, 0.1) is 6.20 Å². The molecule has 0 aliphatic heterocycles. The Morgan fingerprint density at radius 2 is 2.22 bits per heavy atom. The molecule has 3 aromatic rings. The molecule has 0 spiro atoms. The van der Waals surface area contributed by atoms with Crippen LogP contribution in [0, 0.1) is 12.7 Å². The molecule has 0 fully saturated rings. The highest BCUT2D eigenvalue weighted by Crippen LogP contribution is 2.24. The molecule has 2 heterocycles. The van der Waals surface area contributed by atoms with Crippen LogP contribution in [0.25, 0.3) is 11.3 Å². The maximum atomic E-state index is 13.7. The van der Waals surface area contributed by atoms with Gasteiger partial charge in [0.15, 0.2) is 0 Å². The molecule has 3 rings (SSSR count). The average molecular weight is 314 g/mol. The van der Waals surface area contributed by atoms with Gasteiger partial charge in [-0.2, -0.15) is 5.10 Å². The number of hydrogen-bond acceptors (Lipinski definition) is 4. The molecule has 0 bridgehead atoms. The van der Waals surface area contributed by atoms with Gasteiger partial charge < -0.3 is 4.52 Å². The molecule has 0 aliphatic rings. The first-order chi connectivity index (χ1) is 11.1. The molecule has 23 heavy (non-hydrogen) atoms. The number of aryl methyl sites for hydroxylation is 2. The Hall–Kier alpha value is -2.96. The number of rotatable bonds is 5. The van der Waals surface area contributed by atoms with Crippen molar-refractivity contribution in [3.63, 3.8) is 0 Å². The highest BCUT2D eigenvalue weighted by atomic mass is 19.1. The van der Waals surface area contributed by atoms with Crippen LogP contribution in [0.15, 0.2) is 47.2 Å². The third-order valence-corrected chi connectivity index (χ3v) is 3.25. The van der Waals surface area contributed by atoms with Gasteiger partial charge in [-0.15, -0.1) is 0 Å². The fraction of sp³-hybridized carbons (Fsp3) is 0.188. The minimum Gasteiger partial charge on any atom is -0.338 e. The van der Waals surface area contributed by atoms with E-state index in [1.807, 2.05) is 13.1 Å². The lowest BCUT2D eigenvalue weighted by Gasteiger charge is -2.01. The second kappa shape index (κ2) is 6.43. The number of hydrogen-bond donors (Lipinski definition) is 1. The second-order valence-electron chi connectivity index (χ2n) is 5.14. The molecule has 0 unspecified atom stereocenters. The highest BCUT2D eigenvalue weighted by Gasteiger charge is 2.12. The Balaban J connectivity index is 1.60. The first kappa shape index (κ1) is 15.0. The molecule has 7 heteroatoms. The summed E-state index contributed by atoms with van der Waals surface area (Å²) in [4.78, 5) is 11.9. The van der Waals surface area contributed by atoms with Crippen molar-refractivity contribution in [2.75, 3.05) is 5.32 Å². The van der Waals surface area contributed by atoms with Gasteiger partial charge >= 0.3 is 0 Å². The van der Waals surface area contributed by atoms with Crippen LogP contribution in [0.1, 0.15) is 12.0 Å². The van der Waals surface area contributed by atoms with Crippen LogP contribution in [0.3, 0.4) is 0 Å². The van der Waals surface area contributed by atoms with Crippen molar-refractivity contribution < 1.29 is 13.7 Å². The Kier molecular flexibility index (Phi) is 4.18. The van der Waals surface area contributed by atoms with Crippen LogP contribution >= 0.6 is 0 Å². The Labute approximate surface area is 131 Å². The number of nitrogens with zero attached hydrogens (tertiary/aromatic N) is 3. The minimum absolute atomic E-state index is 0.185. The molecule has 0 saturated heterocycles. The van der Waals surface area contributed by atoms with Gasteiger partial charge in [-0.05, 0) is 24.6 Å². The predicted molar refractivity (Wildman–Crippen MR) is 82.1 cm³/mol. The Morgan fingerprint density at radius 3 is 2.96 bits per heavy atom. The lowest BCUT2D eigenvalue weighted by Crippen LogP contribution is -2.14. The molecule has 2 aromatic heterocycles. The normalized spacial score (nSPS) is 10.7. The van der Waals surface area contributed by atoms with E-state index in [1.54, 1.807) is 29.1 Å². The van der Waals surface area contributed by atoms with Gasteiger partial charge in [0.2, 0.25) is 11.8 Å². The monoisotopic (exact) mass is 314 g/mol. The van der Waals surface area contributed by atoms with Crippen molar-refractivity contribution in [2.45, 2.75) is 19.9 Å². The van der Waals surface area contributed by atoms with Gasteiger partial charge in [0.25, 0.3) is 0 Å². The summed E-state index contributed by atoms with van der Waals surface area (Å²) in [5.74, 6) is -0.438. The van der Waals surface area contributed by atoms with E-state index in [9.17, 15) is 9.18 Å². The largest absolute Gasteiger partial charge is 0.338 e. The maximum Gasteiger partial charge on any atom is 0.231 e. The van der Waals surface area contributed by atoms with Crippen LogP contribution in [-0.2, 0) is 11.3 Å². The number of amides is 1. The van der Waals surface area contributed by atoms with Crippen molar-refractivity contribution >= 4 is 11.8 Å².